The van der Waals surface area contributed by atoms with E-state index in [2.05, 4.69) is 31.8 Å². The van der Waals surface area contributed by atoms with Crippen molar-refractivity contribution in [2.45, 2.75) is 40.0 Å². The molecule has 0 amide bonds. The van der Waals surface area contributed by atoms with Gasteiger partial charge >= 0.3 is 0 Å². The highest BCUT2D eigenvalue weighted by molar-refractivity contribution is 5.45. The van der Waals surface area contributed by atoms with E-state index in [1.54, 1.807) is 0 Å². The van der Waals surface area contributed by atoms with E-state index < -0.39 is 0 Å². The van der Waals surface area contributed by atoms with Crippen LogP contribution >= 0.6 is 0 Å². The fourth-order valence-corrected chi connectivity index (χ4v) is 2.46. The minimum absolute atomic E-state index is 0.399. The number of nitrogen functional groups attached to an aromatic ring is 1. The molecule has 1 atom stereocenters. The Kier molecular flexibility index (Phi) is 2.45. The third kappa shape index (κ3) is 1.99. The number of anilines is 1. The summed E-state index contributed by atoms with van der Waals surface area (Å²) in [6, 6.07) is 2.13. The first kappa shape index (κ1) is 10.5. The van der Waals surface area contributed by atoms with Crippen LogP contribution in [0.2, 0.25) is 0 Å². The quantitative estimate of drug-likeness (QED) is 0.705. The summed E-state index contributed by atoms with van der Waals surface area (Å²) in [7, 11) is 0. The molecular formula is C13H20N2. The van der Waals surface area contributed by atoms with Crippen LogP contribution in [0.5, 0.6) is 0 Å². The Labute approximate surface area is 91.9 Å². The van der Waals surface area contributed by atoms with E-state index >= 15 is 0 Å². The minimum Gasteiger partial charge on any atom is -0.383 e. The highest BCUT2D eigenvalue weighted by atomic mass is 14.8. The monoisotopic (exact) mass is 204 g/mol. The van der Waals surface area contributed by atoms with Crippen molar-refractivity contribution in [3.63, 3.8) is 0 Å². The maximum Gasteiger partial charge on any atom is 0.126 e. The Morgan fingerprint density at radius 1 is 1.40 bits per heavy atom. The van der Waals surface area contributed by atoms with Crippen molar-refractivity contribution in [3.05, 3.63) is 23.4 Å². The number of hydrogen-bond donors (Lipinski definition) is 1. The zero-order valence-electron chi connectivity index (χ0n) is 9.88. The molecule has 0 fully saturated rings. The molecule has 0 aromatic carbocycles. The molecule has 0 aliphatic heterocycles. The Hall–Kier alpha value is -1.05. The normalized spacial score (nSPS) is 21.1. The van der Waals surface area contributed by atoms with Crippen LogP contribution in [0.15, 0.2) is 12.3 Å². The van der Waals surface area contributed by atoms with Gasteiger partial charge in [0.1, 0.15) is 5.82 Å². The predicted octanol–water partition coefficient (Wildman–Crippen LogP) is 2.81. The van der Waals surface area contributed by atoms with Crippen LogP contribution in [0.1, 0.15) is 38.3 Å². The third-order valence-corrected chi connectivity index (χ3v) is 3.62. The summed E-state index contributed by atoms with van der Waals surface area (Å²) in [6.07, 6.45) is 5.33. The van der Waals surface area contributed by atoms with Crippen LogP contribution in [0.4, 0.5) is 5.82 Å². The lowest BCUT2D eigenvalue weighted by molar-refractivity contribution is 0.216. The van der Waals surface area contributed by atoms with Gasteiger partial charge in [0.25, 0.3) is 0 Å². The number of aromatic nitrogens is 1. The summed E-state index contributed by atoms with van der Waals surface area (Å²) in [5.74, 6) is 1.51. The maximum atomic E-state index is 5.88. The van der Waals surface area contributed by atoms with Crippen molar-refractivity contribution < 1.29 is 0 Å². The SMILES string of the molecule is CC(C)(C)C1CCc2c(ccnc2N)C1. The molecule has 1 aromatic rings. The van der Waals surface area contributed by atoms with E-state index in [1.807, 2.05) is 6.20 Å². The van der Waals surface area contributed by atoms with E-state index in [-0.39, 0.29) is 0 Å². The molecule has 1 aromatic heterocycles. The molecule has 2 N–H and O–H groups in total. The van der Waals surface area contributed by atoms with Crippen LogP contribution in [-0.2, 0) is 12.8 Å². The third-order valence-electron chi connectivity index (χ3n) is 3.62. The smallest absolute Gasteiger partial charge is 0.126 e. The predicted molar refractivity (Wildman–Crippen MR) is 63.6 cm³/mol. The molecule has 1 unspecified atom stereocenters. The Bertz CT molecular complexity index is 363. The number of pyridine rings is 1. The van der Waals surface area contributed by atoms with Crippen molar-refractivity contribution in [2.75, 3.05) is 5.73 Å². The van der Waals surface area contributed by atoms with Gasteiger partial charge in [-0.05, 0) is 47.8 Å². The highest BCUT2D eigenvalue weighted by Crippen LogP contribution is 2.38. The number of nitrogens with zero attached hydrogens (tertiary/aromatic N) is 1. The number of hydrogen-bond acceptors (Lipinski definition) is 2. The molecule has 2 rings (SSSR count). The van der Waals surface area contributed by atoms with Gasteiger partial charge in [0.15, 0.2) is 0 Å². The molecule has 0 bridgehead atoms. The zero-order chi connectivity index (χ0) is 11.1. The molecule has 82 valence electrons. The van der Waals surface area contributed by atoms with Gasteiger partial charge in [0.05, 0.1) is 0 Å². The first-order chi connectivity index (χ1) is 6.98. The van der Waals surface area contributed by atoms with Crippen LogP contribution in [0.25, 0.3) is 0 Å². The van der Waals surface area contributed by atoms with Crippen LogP contribution < -0.4 is 5.73 Å². The zero-order valence-corrected chi connectivity index (χ0v) is 9.88. The van der Waals surface area contributed by atoms with Crippen LogP contribution in [-0.4, -0.2) is 4.98 Å². The van der Waals surface area contributed by atoms with E-state index in [0.717, 1.165) is 24.6 Å². The Morgan fingerprint density at radius 2 is 2.13 bits per heavy atom. The molecule has 15 heavy (non-hydrogen) atoms. The molecule has 1 aliphatic rings. The highest BCUT2D eigenvalue weighted by Gasteiger charge is 2.29. The van der Waals surface area contributed by atoms with Gasteiger partial charge in [-0.25, -0.2) is 4.98 Å². The van der Waals surface area contributed by atoms with Crippen LogP contribution in [0.3, 0.4) is 0 Å². The minimum atomic E-state index is 0.399. The van der Waals surface area contributed by atoms with Gasteiger partial charge in [-0.1, -0.05) is 20.8 Å². The topological polar surface area (TPSA) is 38.9 Å². The molecule has 0 spiro atoms. The summed E-state index contributed by atoms with van der Waals surface area (Å²) in [5, 5.41) is 0. The maximum absolute atomic E-state index is 5.88. The van der Waals surface area contributed by atoms with Crippen molar-refractivity contribution in [1.82, 2.24) is 4.98 Å². The van der Waals surface area contributed by atoms with E-state index in [0.29, 0.717) is 5.41 Å². The molecule has 1 heterocycles. The van der Waals surface area contributed by atoms with Gasteiger partial charge in [-0.2, -0.15) is 0 Å². The second-order valence-electron chi connectivity index (χ2n) is 5.64. The van der Waals surface area contributed by atoms with Crippen molar-refractivity contribution >= 4 is 5.82 Å². The van der Waals surface area contributed by atoms with Gasteiger partial charge in [0.2, 0.25) is 0 Å². The van der Waals surface area contributed by atoms with Crippen LogP contribution in [0, 0.1) is 11.3 Å². The van der Waals surface area contributed by atoms with Gasteiger partial charge < -0.3 is 5.73 Å². The Balaban J connectivity index is 2.28. The lowest BCUT2D eigenvalue weighted by Gasteiger charge is -2.35. The molecule has 1 aliphatic carbocycles. The molecular weight excluding hydrogens is 184 g/mol. The van der Waals surface area contributed by atoms with Gasteiger partial charge in [-0.15, -0.1) is 0 Å². The number of rotatable bonds is 0. The summed E-state index contributed by atoms with van der Waals surface area (Å²) in [6.45, 7) is 6.98. The van der Waals surface area contributed by atoms with Gasteiger partial charge in [0, 0.05) is 6.20 Å². The second-order valence-corrected chi connectivity index (χ2v) is 5.64. The standard InChI is InChI=1S/C13H20N2/c1-13(2,3)10-4-5-11-9(8-10)6-7-15-12(11)14/h6-7,10H,4-5,8H2,1-3H3,(H2,14,15). The molecule has 2 nitrogen and oxygen atoms in total. The van der Waals surface area contributed by atoms with Gasteiger partial charge in [-0.3, -0.25) is 0 Å². The fraction of sp³-hybridized carbons (Fsp3) is 0.615. The molecule has 0 saturated carbocycles. The Morgan fingerprint density at radius 3 is 2.80 bits per heavy atom. The molecule has 0 radical (unpaired) electrons. The van der Waals surface area contributed by atoms with Crippen molar-refractivity contribution in [3.8, 4) is 0 Å². The van der Waals surface area contributed by atoms with E-state index in [1.165, 1.54) is 17.5 Å². The van der Waals surface area contributed by atoms with Crippen molar-refractivity contribution in [1.29, 1.82) is 0 Å². The number of nitrogens with two attached hydrogens (primary N) is 1. The second kappa shape index (κ2) is 3.51. The van der Waals surface area contributed by atoms with Crippen molar-refractivity contribution in [2.24, 2.45) is 11.3 Å². The number of fused-ring (bicyclic) bond motifs is 1. The fourth-order valence-electron chi connectivity index (χ4n) is 2.46. The van der Waals surface area contributed by atoms with E-state index in [9.17, 15) is 0 Å². The largest absolute Gasteiger partial charge is 0.383 e. The molecule has 0 saturated heterocycles. The summed E-state index contributed by atoms with van der Waals surface area (Å²) in [5.41, 5.74) is 8.98. The average Bonchev–Trinajstić information content (AvgIpc) is 2.16. The lowest BCUT2D eigenvalue weighted by atomic mass is 9.71. The summed E-state index contributed by atoms with van der Waals surface area (Å²) >= 11 is 0. The lowest BCUT2D eigenvalue weighted by Crippen LogP contribution is -2.27. The average molecular weight is 204 g/mol. The summed E-state index contributed by atoms with van der Waals surface area (Å²) < 4.78 is 0. The first-order valence-corrected chi connectivity index (χ1v) is 5.70. The summed E-state index contributed by atoms with van der Waals surface area (Å²) in [4.78, 5) is 4.16. The van der Waals surface area contributed by atoms with E-state index in [4.69, 9.17) is 5.73 Å². The first-order valence-electron chi connectivity index (χ1n) is 5.70. The molecule has 2 heteroatoms.